The molecule has 1 aromatic carbocycles. The van der Waals surface area contributed by atoms with E-state index >= 15 is 0 Å². The maximum absolute atomic E-state index is 14.7. The molecule has 1 N–H and O–H groups in total. The van der Waals surface area contributed by atoms with Gasteiger partial charge in [-0.15, -0.1) is 13.2 Å². The molecule has 7 atom stereocenters. The van der Waals surface area contributed by atoms with Crippen molar-refractivity contribution in [3.63, 3.8) is 0 Å². The number of rotatable bonds is 13. The summed E-state index contributed by atoms with van der Waals surface area (Å²) in [4.78, 5) is 48.4. The molecule has 1 spiro atoms. The Kier molecular flexibility index (Phi) is 9.36. The van der Waals surface area contributed by atoms with E-state index < -0.39 is 35.1 Å². The third kappa shape index (κ3) is 5.12. The highest BCUT2D eigenvalue weighted by Gasteiger charge is 2.79. The zero-order chi connectivity index (χ0) is 30.1. The Hall–Kier alpha value is -2.68. The lowest BCUT2D eigenvalue weighted by molar-refractivity contribution is -0.153. The van der Waals surface area contributed by atoms with Crippen LogP contribution in [0.5, 0.6) is 0 Å². The first-order valence-electron chi connectivity index (χ1n) is 14.8. The van der Waals surface area contributed by atoms with Crippen LogP contribution >= 0.6 is 11.6 Å². The van der Waals surface area contributed by atoms with E-state index in [0.29, 0.717) is 43.1 Å². The molecule has 2 unspecified atom stereocenters. The predicted molar refractivity (Wildman–Crippen MR) is 160 cm³/mol. The number of amides is 3. The number of nitrogens with zero attached hydrogens (tertiary/aromatic N) is 3. The first kappa shape index (κ1) is 31.3. The van der Waals surface area contributed by atoms with Crippen molar-refractivity contribution < 1.29 is 24.2 Å². The molecule has 3 amide bonds. The van der Waals surface area contributed by atoms with E-state index in [2.05, 4.69) is 13.2 Å². The van der Waals surface area contributed by atoms with E-state index in [1.54, 1.807) is 51.1 Å². The molecule has 4 rings (SSSR count). The van der Waals surface area contributed by atoms with Gasteiger partial charge in [0.2, 0.25) is 11.8 Å². The van der Waals surface area contributed by atoms with E-state index in [-0.39, 0.29) is 36.8 Å². The number of likely N-dealkylation sites (tertiary alicyclic amines) is 1. The fourth-order valence-electron chi connectivity index (χ4n) is 7.32. The Morgan fingerprint density at radius 1 is 1.17 bits per heavy atom. The number of carbonyl (C=O) groups is 3. The number of halogens is 1. The second-order valence-corrected chi connectivity index (χ2v) is 12.3. The van der Waals surface area contributed by atoms with Crippen LogP contribution in [0.1, 0.15) is 53.4 Å². The number of benzene rings is 1. The lowest BCUT2D eigenvalue weighted by Crippen LogP contribution is -2.60. The third-order valence-corrected chi connectivity index (χ3v) is 9.68. The fraction of sp³-hybridized carbons (Fsp3) is 0.594. The number of ether oxygens (including phenoxy) is 1. The van der Waals surface area contributed by atoms with E-state index in [1.807, 2.05) is 27.7 Å². The number of hydrogen-bond acceptors (Lipinski definition) is 5. The Balaban J connectivity index is 1.87. The van der Waals surface area contributed by atoms with Crippen molar-refractivity contribution in [2.75, 3.05) is 31.1 Å². The number of fused-ring (bicyclic) bond motifs is 1. The molecule has 1 aromatic rings. The number of aliphatic hydroxyl groups is 1. The molecular weight excluding hydrogens is 542 g/mol. The average Bonchev–Trinajstić information content (AvgIpc) is 3.52. The summed E-state index contributed by atoms with van der Waals surface area (Å²) >= 11 is 6.14. The Morgan fingerprint density at radius 3 is 2.39 bits per heavy atom. The first-order chi connectivity index (χ1) is 19.5. The van der Waals surface area contributed by atoms with Crippen LogP contribution in [0.15, 0.2) is 49.6 Å². The maximum Gasteiger partial charge on any atom is 0.253 e. The van der Waals surface area contributed by atoms with Crippen molar-refractivity contribution in [3.05, 3.63) is 54.6 Å². The van der Waals surface area contributed by atoms with Crippen molar-refractivity contribution in [1.29, 1.82) is 0 Å². The highest BCUT2D eigenvalue weighted by atomic mass is 35.5. The number of anilines is 1. The molecular formula is C32H44ClN3O5. The largest absolute Gasteiger partial charge is 0.394 e. The smallest absolute Gasteiger partial charge is 0.253 e. The van der Waals surface area contributed by atoms with E-state index in [4.69, 9.17) is 16.3 Å². The highest BCUT2D eigenvalue weighted by Crippen LogP contribution is 2.64. The second kappa shape index (κ2) is 12.3. The summed E-state index contributed by atoms with van der Waals surface area (Å²) in [6.07, 6.45) is 5.81. The molecule has 2 bridgehead atoms. The molecule has 3 saturated heterocycles. The van der Waals surface area contributed by atoms with Gasteiger partial charge in [-0.05, 0) is 56.4 Å². The van der Waals surface area contributed by atoms with Gasteiger partial charge < -0.3 is 24.5 Å². The quantitative estimate of drug-likeness (QED) is 0.345. The van der Waals surface area contributed by atoms with Crippen LogP contribution in [0.25, 0.3) is 0 Å². The van der Waals surface area contributed by atoms with Crippen molar-refractivity contribution in [3.8, 4) is 0 Å². The zero-order valence-corrected chi connectivity index (χ0v) is 25.5. The van der Waals surface area contributed by atoms with Crippen molar-refractivity contribution in [2.24, 2.45) is 17.8 Å². The molecule has 0 saturated carbocycles. The van der Waals surface area contributed by atoms with Gasteiger partial charge >= 0.3 is 0 Å². The van der Waals surface area contributed by atoms with E-state index in [1.165, 1.54) is 0 Å². The predicted octanol–water partition coefficient (Wildman–Crippen LogP) is 4.46. The van der Waals surface area contributed by atoms with Crippen molar-refractivity contribution in [1.82, 2.24) is 9.80 Å². The van der Waals surface area contributed by atoms with Gasteiger partial charge in [-0.3, -0.25) is 14.4 Å². The summed E-state index contributed by atoms with van der Waals surface area (Å²) in [7, 11) is 0. The van der Waals surface area contributed by atoms with Gasteiger partial charge in [-0.1, -0.05) is 50.9 Å². The Bertz CT molecular complexity index is 1170. The van der Waals surface area contributed by atoms with Crippen LogP contribution in [0, 0.1) is 17.8 Å². The third-order valence-electron chi connectivity index (χ3n) is 9.43. The molecule has 224 valence electrons. The second-order valence-electron chi connectivity index (χ2n) is 11.9. The molecule has 0 aliphatic carbocycles. The maximum atomic E-state index is 14.7. The van der Waals surface area contributed by atoms with Crippen LogP contribution in [0.2, 0.25) is 5.02 Å². The standard InChI is InChI=1S/C32H44ClN3O5/c1-7-17-34(18-8-2)28(38)25-26-29(39)36(24(20-37)21(5)10-4)27(32(26)16-15-31(25,6)41-32)30(40)35(19-9-3)23-13-11-22(33)12-14-23/h7,9,11-14,21,24-27,37H,1,3,8,10,15-20H2,2,4-6H3/t21-,24-,25-,26-,27?,31+,32?/m0/s1. The highest BCUT2D eigenvalue weighted by molar-refractivity contribution is 6.30. The molecule has 3 heterocycles. The lowest BCUT2D eigenvalue weighted by atomic mass is 9.66. The number of carbonyl (C=O) groups excluding carboxylic acids is 3. The van der Waals surface area contributed by atoms with Crippen molar-refractivity contribution >= 4 is 35.0 Å². The molecule has 41 heavy (non-hydrogen) atoms. The summed E-state index contributed by atoms with van der Waals surface area (Å²) in [5, 5.41) is 11.1. The minimum Gasteiger partial charge on any atom is -0.394 e. The molecule has 3 aliphatic rings. The van der Waals surface area contributed by atoms with Crippen LogP contribution in [0.3, 0.4) is 0 Å². The van der Waals surface area contributed by atoms with E-state index in [0.717, 1.165) is 6.42 Å². The molecule has 0 aromatic heterocycles. The SMILES string of the molecule is C=CCN(CCC)C(=O)[C@@H]1[C@H]2C(=O)N([C@@H](CO)[C@@H](C)CC)C(C(=O)N(CC=C)c3ccc(Cl)cc3)C23CC[C@@]1(C)O3. The van der Waals surface area contributed by atoms with E-state index in [9.17, 15) is 19.5 Å². The summed E-state index contributed by atoms with van der Waals surface area (Å²) in [6, 6.07) is 5.32. The van der Waals surface area contributed by atoms with Gasteiger partial charge in [0.05, 0.1) is 30.1 Å². The molecule has 9 heteroatoms. The Morgan fingerprint density at radius 2 is 1.83 bits per heavy atom. The van der Waals surface area contributed by atoms with Crippen LogP contribution in [-0.2, 0) is 19.1 Å². The summed E-state index contributed by atoms with van der Waals surface area (Å²) in [5.41, 5.74) is -1.46. The van der Waals surface area contributed by atoms with Gasteiger partial charge in [0.1, 0.15) is 11.6 Å². The first-order valence-corrected chi connectivity index (χ1v) is 15.1. The fourth-order valence-corrected chi connectivity index (χ4v) is 7.45. The number of aliphatic hydroxyl groups excluding tert-OH is 1. The average molecular weight is 586 g/mol. The molecule has 3 fully saturated rings. The summed E-state index contributed by atoms with van der Waals surface area (Å²) in [5.74, 6) is -2.42. The molecule has 3 aliphatic heterocycles. The normalized spacial score (nSPS) is 29.7. The summed E-state index contributed by atoms with van der Waals surface area (Å²) < 4.78 is 6.83. The Labute approximate surface area is 248 Å². The molecule has 8 nitrogen and oxygen atoms in total. The van der Waals surface area contributed by atoms with Gasteiger partial charge in [-0.25, -0.2) is 0 Å². The summed E-state index contributed by atoms with van der Waals surface area (Å²) in [6.45, 7) is 16.4. The number of hydrogen-bond donors (Lipinski definition) is 1. The van der Waals surface area contributed by atoms with Crippen LogP contribution in [-0.4, -0.2) is 82.2 Å². The zero-order valence-electron chi connectivity index (χ0n) is 24.7. The lowest BCUT2D eigenvalue weighted by Gasteiger charge is -2.41. The minimum absolute atomic E-state index is 0.0860. The monoisotopic (exact) mass is 585 g/mol. The van der Waals surface area contributed by atoms with Gasteiger partial charge in [0.15, 0.2) is 0 Å². The van der Waals surface area contributed by atoms with Crippen LogP contribution < -0.4 is 4.90 Å². The molecule has 0 radical (unpaired) electrons. The minimum atomic E-state index is -1.19. The van der Waals surface area contributed by atoms with Gasteiger partial charge in [0.25, 0.3) is 5.91 Å². The van der Waals surface area contributed by atoms with Crippen LogP contribution in [0.4, 0.5) is 5.69 Å². The van der Waals surface area contributed by atoms with Gasteiger partial charge in [0, 0.05) is 30.3 Å². The van der Waals surface area contributed by atoms with Gasteiger partial charge in [-0.2, -0.15) is 0 Å². The van der Waals surface area contributed by atoms with Crippen molar-refractivity contribution in [2.45, 2.75) is 76.7 Å². The topological polar surface area (TPSA) is 90.4 Å².